The normalized spacial score (nSPS) is 18.0. The van der Waals surface area contributed by atoms with Gasteiger partial charge in [0.15, 0.2) is 0 Å². The summed E-state index contributed by atoms with van der Waals surface area (Å²) in [6, 6.07) is 0.230. The van der Waals surface area contributed by atoms with E-state index in [0.717, 1.165) is 45.6 Å². The van der Waals surface area contributed by atoms with E-state index in [4.69, 9.17) is 0 Å². The van der Waals surface area contributed by atoms with Gasteiger partial charge in [-0.1, -0.05) is 13.8 Å². The molecule has 0 radical (unpaired) electrons. The van der Waals surface area contributed by atoms with Gasteiger partial charge in [0.05, 0.1) is 0 Å². The summed E-state index contributed by atoms with van der Waals surface area (Å²) in [7, 11) is 0. The molecule has 1 heterocycles. The lowest BCUT2D eigenvalue weighted by molar-refractivity contribution is -0.138. The molecular weight excluding hydrogens is 290 g/mol. The number of carbonyl (C=O) groups excluding carboxylic acids is 2. The molecule has 1 N–H and O–H groups in total. The first kappa shape index (κ1) is 20.2. The van der Waals surface area contributed by atoms with Crippen LogP contribution in [0.3, 0.4) is 0 Å². The van der Waals surface area contributed by atoms with Crippen LogP contribution in [-0.2, 0) is 9.59 Å². The largest absolute Gasteiger partial charge is 0.343 e. The summed E-state index contributed by atoms with van der Waals surface area (Å²) in [6.07, 6.45) is 2.62. The van der Waals surface area contributed by atoms with E-state index in [9.17, 15) is 9.59 Å². The summed E-state index contributed by atoms with van der Waals surface area (Å²) >= 11 is 0. The molecule has 1 aliphatic rings. The van der Waals surface area contributed by atoms with Crippen LogP contribution in [0.15, 0.2) is 0 Å². The van der Waals surface area contributed by atoms with Crippen LogP contribution in [0.5, 0.6) is 0 Å². The van der Waals surface area contributed by atoms with Gasteiger partial charge in [-0.3, -0.25) is 9.59 Å². The molecule has 5 nitrogen and oxygen atoms in total. The molecule has 0 aromatic rings. The van der Waals surface area contributed by atoms with E-state index in [1.807, 2.05) is 16.7 Å². The maximum atomic E-state index is 12.2. The Bertz CT molecular complexity index is 320. The molecule has 0 spiro atoms. The van der Waals surface area contributed by atoms with E-state index in [-0.39, 0.29) is 30.3 Å². The fourth-order valence-electron chi connectivity index (χ4n) is 2.63. The fourth-order valence-corrected chi connectivity index (χ4v) is 2.63. The molecule has 1 aliphatic heterocycles. The van der Waals surface area contributed by atoms with Crippen molar-refractivity contribution < 1.29 is 9.59 Å². The fraction of sp³-hybridized carbons (Fsp3) is 0.867. The molecule has 0 bridgehead atoms. The zero-order valence-corrected chi connectivity index (χ0v) is 14.4. The lowest BCUT2D eigenvalue weighted by Gasteiger charge is -2.34. The number of halogens is 1. The van der Waals surface area contributed by atoms with Crippen molar-refractivity contribution in [2.75, 3.05) is 32.7 Å². The van der Waals surface area contributed by atoms with Gasteiger partial charge in [-0.2, -0.15) is 0 Å². The monoisotopic (exact) mass is 319 g/mol. The van der Waals surface area contributed by atoms with Crippen LogP contribution >= 0.6 is 12.4 Å². The minimum absolute atomic E-state index is 0. The average molecular weight is 320 g/mol. The summed E-state index contributed by atoms with van der Waals surface area (Å²) < 4.78 is 0. The third-order valence-electron chi connectivity index (χ3n) is 3.71. The highest BCUT2D eigenvalue weighted by atomic mass is 35.5. The Morgan fingerprint density at radius 1 is 1.19 bits per heavy atom. The Hall–Kier alpha value is -0.810. The minimum Gasteiger partial charge on any atom is -0.343 e. The van der Waals surface area contributed by atoms with Gasteiger partial charge < -0.3 is 15.1 Å². The number of hydrogen-bond acceptors (Lipinski definition) is 3. The third-order valence-corrected chi connectivity index (χ3v) is 3.71. The van der Waals surface area contributed by atoms with Gasteiger partial charge in [0.2, 0.25) is 11.8 Å². The first-order valence-corrected chi connectivity index (χ1v) is 7.88. The van der Waals surface area contributed by atoms with E-state index in [2.05, 4.69) is 19.2 Å². The van der Waals surface area contributed by atoms with E-state index < -0.39 is 0 Å². The first-order chi connectivity index (χ1) is 9.60. The smallest absolute Gasteiger partial charge is 0.223 e. The molecular formula is C15H30ClN3O2. The molecule has 0 aliphatic carbocycles. The van der Waals surface area contributed by atoms with Gasteiger partial charge in [-0.15, -0.1) is 12.4 Å². The SMILES string of the molecule is CCCN(CCC)C(=O)CCC(=O)N1CCNC[C@H]1C.Cl. The lowest BCUT2D eigenvalue weighted by atomic mass is 10.1. The zero-order chi connectivity index (χ0) is 15.0. The van der Waals surface area contributed by atoms with Crippen molar-refractivity contribution in [1.29, 1.82) is 0 Å². The van der Waals surface area contributed by atoms with Crippen LogP contribution in [0.2, 0.25) is 0 Å². The maximum absolute atomic E-state index is 12.2. The van der Waals surface area contributed by atoms with Crippen molar-refractivity contribution in [2.24, 2.45) is 0 Å². The Balaban J connectivity index is 0.00000400. The predicted octanol–water partition coefficient (Wildman–Crippen LogP) is 1.66. The Kier molecular flexibility index (Phi) is 10.4. The number of carbonyl (C=O) groups is 2. The first-order valence-electron chi connectivity index (χ1n) is 7.88. The lowest BCUT2D eigenvalue weighted by Crippen LogP contribution is -2.52. The van der Waals surface area contributed by atoms with Crippen molar-refractivity contribution >= 4 is 24.2 Å². The zero-order valence-electron chi connectivity index (χ0n) is 13.6. The predicted molar refractivity (Wildman–Crippen MR) is 87.7 cm³/mol. The summed E-state index contributed by atoms with van der Waals surface area (Å²) in [5.41, 5.74) is 0. The molecule has 1 fully saturated rings. The molecule has 0 aromatic heterocycles. The molecule has 0 unspecified atom stereocenters. The molecule has 124 valence electrons. The van der Waals surface area contributed by atoms with Crippen LogP contribution in [-0.4, -0.2) is 60.4 Å². The van der Waals surface area contributed by atoms with Crippen molar-refractivity contribution in [2.45, 2.75) is 52.5 Å². The van der Waals surface area contributed by atoms with E-state index in [1.54, 1.807) is 0 Å². The van der Waals surface area contributed by atoms with Crippen LogP contribution in [0.4, 0.5) is 0 Å². The van der Waals surface area contributed by atoms with Gasteiger partial charge >= 0.3 is 0 Å². The molecule has 1 rings (SSSR count). The topological polar surface area (TPSA) is 52.7 Å². The highest BCUT2D eigenvalue weighted by molar-refractivity contribution is 5.85. The minimum atomic E-state index is 0. The second-order valence-corrected chi connectivity index (χ2v) is 5.52. The quantitative estimate of drug-likeness (QED) is 0.776. The number of nitrogens with one attached hydrogen (secondary N) is 1. The van der Waals surface area contributed by atoms with Crippen LogP contribution < -0.4 is 5.32 Å². The molecule has 1 saturated heterocycles. The number of rotatable bonds is 7. The summed E-state index contributed by atoms with van der Waals surface area (Å²) in [4.78, 5) is 28.1. The number of nitrogens with zero attached hydrogens (tertiary/aromatic N) is 2. The van der Waals surface area contributed by atoms with E-state index in [1.165, 1.54) is 0 Å². The van der Waals surface area contributed by atoms with Crippen molar-refractivity contribution in [1.82, 2.24) is 15.1 Å². The number of hydrogen-bond donors (Lipinski definition) is 1. The van der Waals surface area contributed by atoms with Crippen LogP contribution in [0, 0.1) is 0 Å². The second-order valence-electron chi connectivity index (χ2n) is 5.52. The molecule has 21 heavy (non-hydrogen) atoms. The Morgan fingerprint density at radius 3 is 2.33 bits per heavy atom. The Morgan fingerprint density at radius 2 is 1.81 bits per heavy atom. The van der Waals surface area contributed by atoms with Crippen molar-refractivity contribution in [3.05, 3.63) is 0 Å². The maximum Gasteiger partial charge on any atom is 0.223 e. The van der Waals surface area contributed by atoms with Gasteiger partial charge in [0.1, 0.15) is 0 Å². The van der Waals surface area contributed by atoms with Gasteiger partial charge in [0, 0.05) is 51.6 Å². The average Bonchev–Trinajstić information content (AvgIpc) is 2.44. The summed E-state index contributed by atoms with van der Waals surface area (Å²) in [6.45, 7) is 10.2. The number of piperazine rings is 1. The molecule has 0 aromatic carbocycles. The van der Waals surface area contributed by atoms with E-state index >= 15 is 0 Å². The van der Waals surface area contributed by atoms with Crippen LogP contribution in [0.1, 0.15) is 46.5 Å². The molecule has 0 saturated carbocycles. The van der Waals surface area contributed by atoms with E-state index in [0.29, 0.717) is 12.8 Å². The summed E-state index contributed by atoms with van der Waals surface area (Å²) in [5, 5.41) is 3.27. The van der Waals surface area contributed by atoms with Crippen LogP contribution in [0.25, 0.3) is 0 Å². The van der Waals surface area contributed by atoms with Gasteiger partial charge in [-0.05, 0) is 19.8 Å². The molecule has 2 amide bonds. The standard InChI is InChI=1S/C15H29N3O2.ClH/c1-4-9-17(10-5-2)14(19)6-7-15(20)18-11-8-16-12-13(18)3;/h13,16H,4-12H2,1-3H3;1H/t13-;/m1./s1. The van der Waals surface area contributed by atoms with Crippen molar-refractivity contribution in [3.63, 3.8) is 0 Å². The third kappa shape index (κ3) is 6.66. The van der Waals surface area contributed by atoms with Gasteiger partial charge in [-0.25, -0.2) is 0 Å². The number of amides is 2. The van der Waals surface area contributed by atoms with Crippen molar-refractivity contribution in [3.8, 4) is 0 Å². The Labute approximate surface area is 134 Å². The molecule has 1 atom stereocenters. The second kappa shape index (κ2) is 10.9. The van der Waals surface area contributed by atoms with Gasteiger partial charge in [0.25, 0.3) is 0 Å². The summed E-state index contributed by atoms with van der Waals surface area (Å²) in [5.74, 6) is 0.227. The highest BCUT2D eigenvalue weighted by Crippen LogP contribution is 2.08. The molecule has 6 heteroatoms. The highest BCUT2D eigenvalue weighted by Gasteiger charge is 2.23.